The van der Waals surface area contributed by atoms with Crippen molar-refractivity contribution in [3.8, 4) is 11.5 Å². The van der Waals surface area contributed by atoms with Crippen LogP contribution in [0.2, 0.25) is 5.02 Å². The average molecular weight is 361 g/mol. The zero-order chi connectivity index (χ0) is 17.2. The Labute approximate surface area is 149 Å². The normalized spacial score (nSPS) is 15.7. The van der Waals surface area contributed by atoms with Crippen LogP contribution < -0.4 is 14.8 Å². The van der Waals surface area contributed by atoms with Gasteiger partial charge < -0.3 is 19.4 Å². The first kappa shape index (κ1) is 16.0. The molecule has 130 valence electrons. The van der Waals surface area contributed by atoms with Gasteiger partial charge in [-0.1, -0.05) is 11.6 Å². The zero-order valence-corrected chi connectivity index (χ0v) is 14.2. The number of nitrogens with zero attached hydrogens (tertiary/aromatic N) is 3. The highest BCUT2D eigenvalue weighted by Gasteiger charge is 2.25. The van der Waals surface area contributed by atoms with Gasteiger partial charge >= 0.3 is 0 Å². The van der Waals surface area contributed by atoms with Gasteiger partial charge in [0.05, 0.1) is 5.02 Å². The number of aromatic nitrogens is 3. The molecule has 1 aromatic heterocycles. The summed E-state index contributed by atoms with van der Waals surface area (Å²) in [6.45, 7) is 0.671. The number of halogens is 1. The number of hydrogen-bond acceptors (Lipinski definition) is 5. The lowest BCUT2D eigenvalue weighted by molar-refractivity contribution is -0.116. The van der Waals surface area contributed by atoms with Gasteiger partial charge in [0.2, 0.25) is 12.7 Å². The predicted molar refractivity (Wildman–Crippen MR) is 91.6 cm³/mol. The molecule has 1 aromatic carbocycles. The summed E-state index contributed by atoms with van der Waals surface area (Å²) in [5, 5.41) is 11.4. The minimum Gasteiger partial charge on any atom is -0.454 e. The largest absolute Gasteiger partial charge is 0.454 e. The molecule has 1 saturated carbocycles. The zero-order valence-electron chi connectivity index (χ0n) is 13.4. The van der Waals surface area contributed by atoms with Crippen LogP contribution in [0.1, 0.15) is 30.3 Å². The Bertz CT molecular complexity index is 829. The van der Waals surface area contributed by atoms with Crippen LogP contribution in [0.5, 0.6) is 11.5 Å². The lowest BCUT2D eigenvalue weighted by atomic mass is 10.2. The van der Waals surface area contributed by atoms with Crippen LogP contribution in [0.25, 0.3) is 6.08 Å². The number of nitrogens with one attached hydrogen (secondary N) is 1. The van der Waals surface area contributed by atoms with E-state index in [1.165, 1.54) is 18.9 Å². The Kier molecular flexibility index (Phi) is 4.31. The smallest absolute Gasteiger partial charge is 0.244 e. The van der Waals surface area contributed by atoms with Crippen molar-refractivity contribution in [2.75, 3.05) is 13.3 Å². The van der Waals surface area contributed by atoms with E-state index in [1.807, 2.05) is 0 Å². The maximum Gasteiger partial charge on any atom is 0.244 e. The molecule has 1 amide bonds. The van der Waals surface area contributed by atoms with E-state index in [4.69, 9.17) is 21.1 Å². The van der Waals surface area contributed by atoms with Crippen molar-refractivity contribution in [3.63, 3.8) is 0 Å². The van der Waals surface area contributed by atoms with Gasteiger partial charge in [0.15, 0.2) is 11.5 Å². The fourth-order valence-corrected chi connectivity index (χ4v) is 2.99. The fraction of sp³-hybridized carbons (Fsp3) is 0.353. The van der Waals surface area contributed by atoms with Crippen LogP contribution in [0.15, 0.2) is 24.5 Å². The molecule has 2 aromatic rings. The van der Waals surface area contributed by atoms with Gasteiger partial charge in [0.1, 0.15) is 12.2 Å². The minimum atomic E-state index is -0.175. The highest BCUT2D eigenvalue weighted by molar-refractivity contribution is 6.32. The van der Waals surface area contributed by atoms with Gasteiger partial charge in [-0.3, -0.25) is 4.79 Å². The first-order valence-corrected chi connectivity index (χ1v) is 8.52. The third-order valence-corrected chi connectivity index (χ3v) is 4.39. The number of amides is 1. The first-order chi connectivity index (χ1) is 12.2. The van der Waals surface area contributed by atoms with E-state index in [-0.39, 0.29) is 12.7 Å². The van der Waals surface area contributed by atoms with Gasteiger partial charge in [-0.2, -0.15) is 0 Å². The van der Waals surface area contributed by atoms with Crippen LogP contribution in [0.4, 0.5) is 0 Å². The van der Waals surface area contributed by atoms with Gasteiger partial charge in [-0.25, -0.2) is 0 Å². The molecular formula is C17H17ClN4O3. The van der Waals surface area contributed by atoms with E-state index < -0.39 is 0 Å². The summed E-state index contributed by atoms with van der Waals surface area (Å²) < 4.78 is 12.7. The number of carbonyl (C=O) groups is 1. The average Bonchev–Trinajstić information content (AvgIpc) is 3.14. The van der Waals surface area contributed by atoms with Crippen LogP contribution in [0.3, 0.4) is 0 Å². The Hall–Kier alpha value is -2.54. The number of benzene rings is 1. The summed E-state index contributed by atoms with van der Waals surface area (Å²) in [5.74, 6) is 1.87. The SMILES string of the molecule is O=C(/C=C/c1cc(Cl)c2c(c1)OCO2)NCCc1nncn1C1CC1. The molecule has 2 heterocycles. The lowest BCUT2D eigenvalue weighted by Gasteiger charge is -2.05. The molecule has 0 unspecified atom stereocenters. The molecule has 0 saturated heterocycles. The van der Waals surface area contributed by atoms with Gasteiger partial charge in [-0.15, -0.1) is 10.2 Å². The van der Waals surface area contributed by atoms with Gasteiger partial charge in [0.25, 0.3) is 0 Å². The van der Waals surface area contributed by atoms with Crippen LogP contribution in [-0.4, -0.2) is 34.0 Å². The minimum absolute atomic E-state index is 0.161. The molecule has 1 aliphatic carbocycles. The number of ether oxygens (including phenoxy) is 2. The van der Waals surface area contributed by atoms with E-state index in [0.29, 0.717) is 35.5 Å². The molecule has 25 heavy (non-hydrogen) atoms. The molecule has 8 heteroatoms. The number of fused-ring (bicyclic) bond motifs is 1. The van der Waals surface area contributed by atoms with E-state index in [1.54, 1.807) is 24.5 Å². The summed E-state index contributed by atoms with van der Waals surface area (Å²) in [7, 11) is 0. The Morgan fingerprint density at radius 1 is 1.40 bits per heavy atom. The van der Waals surface area contributed by atoms with Crippen molar-refractivity contribution in [2.24, 2.45) is 0 Å². The molecule has 1 N–H and O–H groups in total. The molecule has 0 atom stereocenters. The fourth-order valence-electron chi connectivity index (χ4n) is 2.72. The summed E-state index contributed by atoms with van der Waals surface area (Å²) in [5.41, 5.74) is 0.776. The quantitative estimate of drug-likeness (QED) is 0.800. The summed E-state index contributed by atoms with van der Waals surface area (Å²) >= 11 is 6.12. The molecule has 0 radical (unpaired) electrons. The summed E-state index contributed by atoms with van der Waals surface area (Å²) in [4.78, 5) is 12.0. The summed E-state index contributed by atoms with van der Waals surface area (Å²) in [6.07, 6.45) is 7.94. The Morgan fingerprint density at radius 2 is 2.28 bits per heavy atom. The highest BCUT2D eigenvalue weighted by atomic mass is 35.5. The standard InChI is InChI=1S/C17H17ClN4O3/c18-13-7-11(8-14-17(13)25-10-24-14)1-4-16(23)19-6-5-15-21-20-9-22(15)12-2-3-12/h1,4,7-9,12H,2-3,5-6,10H2,(H,19,23)/b4-1+. The molecule has 2 aliphatic rings. The second-order valence-electron chi connectivity index (χ2n) is 6.00. The lowest BCUT2D eigenvalue weighted by Crippen LogP contribution is -2.24. The highest BCUT2D eigenvalue weighted by Crippen LogP contribution is 2.40. The third kappa shape index (κ3) is 3.61. The number of carbonyl (C=O) groups excluding carboxylic acids is 1. The summed E-state index contributed by atoms with van der Waals surface area (Å²) in [6, 6.07) is 4.06. The topological polar surface area (TPSA) is 78.3 Å². The molecule has 1 fully saturated rings. The predicted octanol–water partition coefficient (Wildman–Crippen LogP) is 2.37. The van der Waals surface area contributed by atoms with Crippen molar-refractivity contribution in [1.29, 1.82) is 0 Å². The van der Waals surface area contributed by atoms with E-state index in [9.17, 15) is 4.79 Å². The van der Waals surface area contributed by atoms with Crippen molar-refractivity contribution >= 4 is 23.6 Å². The van der Waals surface area contributed by atoms with Gasteiger partial charge in [0, 0.05) is 25.1 Å². The molecule has 7 nitrogen and oxygen atoms in total. The Balaban J connectivity index is 1.31. The van der Waals surface area contributed by atoms with Crippen molar-refractivity contribution in [3.05, 3.63) is 40.9 Å². The first-order valence-electron chi connectivity index (χ1n) is 8.14. The number of rotatable bonds is 6. The molecule has 1 aliphatic heterocycles. The molecular weight excluding hydrogens is 344 g/mol. The van der Waals surface area contributed by atoms with Gasteiger partial charge in [-0.05, 0) is 36.6 Å². The third-order valence-electron chi connectivity index (χ3n) is 4.11. The van der Waals surface area contributed by atoms with E-state index in [2.05, 4.69) is 20.1 Å². The maximum atomic E-state index is 12.0. The maximum absolute atomic E-state index is 12.0. The van der Waals surface area contributed by atoms with Crippen molar-refractivity contribution in [2.45, 2.75) is 25.3 Å². The second kappa shape index (κ2) is 6.76. The van der Waals surface area contributed by atoms with E-state index >= 15 is 0 Å². The second-order valence-corrected chi connectivity index (χ2v) is 6.40. The Morgan fingerprint density at radius 3 is 3.12 bits per heavy atom. The van der Waals surface area contributed by atoms with E-state index in [0.717, 1.165) is 11.4 Å². The molecule has 0 spiro atoms. The number of hydrogen-bond donors (Lipinski definition) is 1. The monoisotopic (exact) mass is 360 g/mol. The molecule has 0 bridgehead atoms. The van der Waals surface area contributed by atoms with Crippen molar-refractivity contribution < 1.29 is 14.3 Å². The molecule has 4 rings (SSSR count). The van der Waals surface area contributed by atoms with Crippen LogP contribution in [0, 0.1) is 0 Å². The van der Waals surface area contributed by atoms with Crippen LogP contribution >= 0.6 is 11.6 Å². The van der Waals surface area contributed by atoms with Crippen molar-refractivity contribution in [1.82, 2.24) is 20.1 Å². The van der Waals surface area contributed by atoms with Crippen LogP contribution in [-0.2, 0) is 11.2 Å².